The van der Waals surface area contributed by atoms with Crippen molar-refractivity contribution in [3.63, 3.8) is 0 Å². The molecule has 3 aromatic rings. The fourth-order valence-corrected chi connectivity index (χ4v) is 3.62. The Bertz CT molecular complexity index is 1140. The maximum atomic E-state index is 12.7. The molecule has 0 N–H and O–H groups in total. The van der Waals surface area contributed by atoms with E-state index >= 15 is 0 Å². The molecule has 31 heavy (non-hydrogen) atoms. The largest absolute Gasteiger partial charge is 0.423 e. The van der Waals surface area contributed by atoms with Gasteiger partial charge in [-0.25, -0.2) is 4.79 Å². The van der Waals surface area contributed by atoms with Crippen molar-refractivity contribution in [3.05, 3.63) is 88.5 Å². The Kier molecular flexibility index (Phi) is 6.45. The van der Waals surface area contributed by atoms with E-state index in [2.05, 4.69) is 32.0 Å². The summed E-state index contributed by atoms with van der Waals surface area (Å²) in [6.45, 7) is 12.0. The van der Waals surface area contributed by atoms with Crippen molar-refractivity contribution in [2.45, 2.75) is 48.0 Å². The summed E-state index contributed by atoms with van der Waals surface area (Å²) in [6.07, 6.45) is 0.729. The first-order valence-electron chi connectivity index (χ1n) is 10.7. The van der Waals surface area contributed by atoms with Gasteiger partial charge in [-0.15, -0.1) is 0 Å². The van der Waals surface area contributed by atoms with Crippen LogP contribution in [0.1, 0.15) is 64.6 Å². The van der Waals surface area contributed by atoms with Crippen LogP contribution in [0.25, 0.3) is 11.1 Å². The van der Waals surface area contributed by atoms with Crippen molar-refractivity contribution in [2.75, 3.05) is 0 Å². The highest BCUT2D eigenvalue weighted by molar-refractivity contribution is 6.02. The Morgan fingerprint density at radius 3 is 2.03 bits per heavy atom. The molecule has 0 amide bonds. The number of ketones is 1. The number of hydrogen-bond donors (Lipinski definition) is 0. The van der Waals surface area contributed by atoms with Crippen LogP contribution < -0.4 is 4.74 Å². The van der Waals surface area contributed by atoms with Gasteiger partial charge in [-0.1, -0.05) is 62.7 Å². The molecule has 0 aliphatic carbocycles. The molecule has 0 radical (unpaired) electrons. The summed E-state index contributed by atoms with van der Waals surface area (Å²) in [6, 6.07) is 18.8. The summed E-state index contributed by atoms with van der Waals surface area (Å²) in [5.74, 6) is 0.0440. The normalized spacial score (nSPS) is 11.3. The second-order valence-electron chi connectivity index (χ2n) is 8.83. The van der Waals surface area contributed by atoms with E-state index in [1.165, 1.54) is 16.7 Å². The summed E-state index contributed by atoms with van der Waals surface area (Å²) in [5.41, 5.74) is 6.19. The molecule has 160 valence electrons. The lowest BCUT2D eigenvalue weighted by Gasteiger charge is -2.21. The molecule has 0 saturated carbocycles. The van der Waals surface area contributed by atoms with Gasteiger partial charge in [-0.05, 0) is 73.7 Å². The molecule has 0 fully saturated rings. The average molecular weight is 415 g/mol. The standard InChI is InChI=1S/C28H30O3/c1-7-28(5,6)26(29)21-9-8-10-22(17-21)27(30)31-23-12-14-25(20(4)16-23)24-13-11-18(2)15-19(24)3/h8-17H,7H2,1-6H3. The third kappa shape index (κ3) is 4.93. The average Bonchev–Trinajstić information content (AvgIpc) is 2.74. The summed E-state index contributed by atoms with van der Waals surface area (Å²) >= 11 is 0. The number of Topliss-reactive ketones (excluding diaryl/α,β-unsaturated/α-hetero) is 1. The molecule has 3 rings (SSSR count). The summed E-state index contributed by atoms with van der Waals surface area (Å²) in [7, 11) is 0. The number of hydrogen-bond acceptors (Lipinski definition) is 3. The van der Waals surface area contributed by atoms with E-state index in [0.717, 1.165) is 17.5 Å². The van der Waals surface area contributed by atoms with E-state index in [-0.39, 0.29) is 5.78 Å². The first kappa shape index (κ1) is 22.5. The summed E-state index contributed by atoms with van der Waals surface area (Å²) < 4.78 is 5.62. The Labute approximate surface area is 185 Å². The van der Waals surface area contributed by atoms with Gasteiger partial charge in [-0.3, -0.25) is 4.79 Å². The second-order valence-corrected chi connectivity index (χ2v) is 8.83. The van der Waals surface area contributed by atoms with E-state index in [1.807, 2.05) is 45.9 Å². The number of aryl methyl sites for hydroxylation is 3. The van der Waals surface area contributed by atoms with Crippen LogP contribution in [0.2, 0.25) is 0 Å². The molecule has 0 atom stereocenters. The van der Waals surface area contributed by atoms with Gasteiger partial charge >= 0.3 is 5.97 Å². The van der Waals surface area contributed by atoms with Gasteiger partial charge in [0.2, 0.25) is 0 Å². The zero-order chi connectivity index (χ0) is 22.8. The van der Waals surface area contributed by atoms with Crippen LogP contribution in [0, 0.1) is 26.2 Å². The minimum atomic E-state index is -0.470. The highest BCUT2D eigenvalue weighted by atomic mass is 16.5. The maximum absolute atomic E-state index is 12.7. The maximum Gasteiger partial charge on any atom is 0.343 e. The van der Waals surface area contributed by atoms with Gasteiger partial charge in [0.25, 0.3) is 0 Å². The zero-order valence-corrected chi connectivity index (χ0v) is 19.2. The van der Waals surface area contributed by atoms with Crippen LogP contribution in [-0.4, -0.2) is 11.8 Å². The molecule has 0 unspecified atom stereocenters. The van der Waals surface area contributed by atoms with Crippen molar-refractivity contribution >= 4 is 11.8 Å². The lowest BCUT2D eigenvalue weighted by atomic mass is 9.82. The molecule has 0 heterocycles. The van der Waals surface area contributed by atoms with Gasteiger partial charge in [0.1, 0.15) is 5.75 Å². The van der Waals surface area contributed by atoms with Crippen LogP contribution in [0.5, 0.6) is 5.75 Å². The molecular formula is C28H30O3. The third-order valence-electron chi connectivity index (χ3n) is 5.94. The number of benzene rings is 3. The fourth-order valence-electron chi connectivity index (χ4n) is 3.62. The van der Waals surface area contributed by atoms with Gasteiger partial charge in [0.15, 0.2) is 5.78 Å². The molecule has 3 heteroatoms. The van der Waals surface area contributed by atoms with E-state index in [9.17, 15) is 9.59 Å². The minimum Gasteiger partial charge on any atom is -0.423 e. The summed E-state index contributed by atoms with van der Waals surface area (Å²) in [5, 5.41) is 0. The molecule has 3 nitrogen and oxygen atoms in total. The first-order chi connectivity index (χ1) is 14.6. The predicted octanol–water partition coefficient (Wildman–Crippen LogP) is 7.12. The Morgan fingerprint density at radius 1 is 0.806 bits per heavy atom. The van der Waals surface area contributed by atoms with Gasteiger partial charge in [0, 0.05) is 11.0 Å². The highest BCUT2D eigenvalue weighted by Crippen LogP contribution is 2.30. The lowest BCUT2D eigenvalue weighted by Crippen LogP contribution is -2.23. The van der Waals surface area contributed by atoms with E-state index in [0.29, 0.717) is 16.9 Å². The second kappa shape index (κ2) is 8.89. The third-order valence-corrected chi connectivity index (χ3v) is 5.94. The number of rotatable bonds is 6. The van der Waals surface area contributed by atoms with Gasteiger partial charge in [-0.2, -0.15) is 0 Å². The Morgan fingerprint density at radius 2 is 1.42 bits per heavy atom. The Hall–Kier alpha value is -3.20. The molecule has 0 saturated heterocycles. The van der Waals surface area contributed by atoms with Gasteiger partial charge in [0.05, 0.1) is 5.56 Å². The van der Waals surface area contributed by atoms with Crippen molar-refractivity contribution in [2.24, 2.45) is 5.41 Å². The highest BCUT2D eigenvalue weighted by Gasteiger charge is 2.27. The monoisotopic (exact) mass is 414 g/mol. The topological polar surface area (TPSA) is 43.4 Å². The van der Waals surface area contributed by atoms with Crippen molar-refractivity contribution in [3.8, 4) is 16.9 Å². The molecule has 0 aliphatic heterocycles. The van der Waals surface area contributed by atoms with Crippen LogP contribution in [-0.2, 0) is 0 Å². The zero-order valence-electron chi connectivity index (χ0n) is 19.2. The first-order valence-corrected chi connectivity index (χ1v) is 10.7. The van der Waals surface area contributed by atoms with E-state index < -0.39 is 11.4 Å². The molecule has 0 aromatic heterocycles. The van der Waals surface area contributed by atoms with Crippen LogP contribution >= 0.6 is 0 Å². The van der Waals surface area contributed by atoms with Crippen molar-refractivity contribution < 1.29 is 14.3 Å². The molecule has 0 spiro atoms. The fraction of sp³-hybridized carbons (Fsp3) is 0.286. The molecule has 0 aliphatic rings. The lowest BCUT2D eigenvalue weighted by molar-refractivity contribution is 0.0734. The number of carbonyl (C=O) groups is 2. The number of ether oxygens (including phenoxy) is 1. The quantitative estimate of drug-likeness (QED) is 0.245. The molecule has 3 aromatic carbocycles. The Balaban J connectivity index is 1.82. The minimum absolute atomic E-state index is 0.0262. The van der Waals surface area contributed by atoms with Crippen LogP contribution in [0.15, 0.2) is 60.7 Å². The van der Waals surface area contributed by atoms with Crippen LogP contribution in [0.4, 0.5) is 0 Å². The van der Waals surface area contributed by atoms with Crippen molar-refractivity contribution in [1.82, 2.24) is 0 Å². The molecular weight excluding hydrogens is 384 g/mol. The van der Waals surface area contributed by atoms with Crippen LogP contribution in [0.3, 0.4) is 0 Å². The number of esters is 1. The van der Waals surface area contributed by atoms with E-state index in [1.54, 1.807) is 24.3 Å². The predicted molar refractivity (Wildman–Crippen MR) is 126 cm³/mol. The van der Waals surface area contributed by atoms with Gasteiger partial charge < -0.3 is 4.74 Å². The van der Waals surface area contributed by atoms with E-state index in [4.69, 9.17) is 4.74 Å². The van der Waals surface area contributed by atoms with Crippen molar-refractivity contribution in [1.29, 1.82) is 0 Å². The number of carbonyl (C=O) groups excluding carboxylic acids is 2. The molecule has 0 bridgehead atoms. The smallest absolute Gasteiger partial charge is 0.343 e. The summed E-state index contributed by atoms with van der Waals surface area (Å²) in [4.78, 5) is 25.5. The SMILES string of the molecule is CCC(C)(C)C(=O)c1cccc(C(=O)Oc2ccc(-c3ccc(C)cc3C)c(C)c2)c1.